The van der Waals surface area contributed by atoms with E-state index in [0.29, 0.717) is 10.2 Å². The van der Waals surface area contributed by atoms with Crippen molar-refractivity contribution in [1.29, 1.82) is 0 Å². The molecule has 0 aliphatic carbocycles. The molecule has 3 heterocycles. The van der Waals surface area contributed by atoms with Gasteiger partial charge in [-0.25, -0.2) is 0 Å². The first kappa shape index (κ1) is 13.2. The average Bonchev–Trinajstić information content (AvgIpc) is 2.75. The molecule has 1 aromatic rings. The molecule has 2 aliphatic heterocycles. The van der Waals surface area contributed by atoms with E-state index in [4.69, 9.17) is 0 Å². The Morgan fingerprint density at radius 2 is 2.11 bits per heavy atom. The number of halogens is 4. The molecule has 1 N–H and O–H groups in total. The van der Waals surface area contributed by atoms with Gasteiger partial charge in [0.05, 0.1) is 10.2 Å². The maximum absolute atomic E-state index is 12.7. The maximum atomic E-state index is 12.7. The van der Waals surface area contributed by atoms with Gasteiger partial charge in [-0.1, -0.05) is 0 Å². The van der Waals surface area contributed by atoms with Gasteiger partial charge in [-0.05, 0) is 35.0 Å². The minimum Gasteiger partial charge on any atom is -0.369 e. The topological polar surface area (TPSA) is 28.2 Å². The van der Waals surface area contributed by atoms with Gasteiger partial charge in [-0.2, -0.15) is 13.2 Å². The molecular formula is C12H13BrF3N3. The molecule has 0 amide bonds. The highest BCUT2D eigenvalue weighted by Crippen LogP contribution is 2.42. The number of rotatable bonds is 1. The molecule has 1 aromatic heterocycles. The number of nitrogens with one attached hydrogen (secondary N) is 1. The minimum atomic E-state index is -4.40. The van der Waals surface area contributed by atoms with Crippen LogP contribution in [0.2, 0.25) is 0 Å². The molecule has 7 heteroatoms. The van der Waals surface area contributed by atoms with Gasteiger partial charge in [0.2, 0.25) is 0 Å². The summed E-state index contributed by atoms with van der Waals surface area (Å²) in [4.78, 5) is 5.41. The maximum Gasteiger partial charge on any atom is 0.433 e. The molecule has 0 atom stereocenters. The smallest absolute Gasteiger partial charge is 0.369 e. The molecule has 0 saturated carbocycles. The SMILES string of the molecule is FC(F)(F)c1cc(N2CC3(CCNC3)C2)c(Br)cn1. The van der Waals surface area contributed by atoms with Crippen LogP contribution in [0.5, 0.6) is 0 Å². The molecule has 0 bridgehead atoms. The summed E-state index contributed by atoms with van der Waals surface area (Å²) in [5.41, 5.74) is -0.00256. The largest absolute Gasteiger partial charge is 0.433 e. The third-order valence-corrected chi connectivity index (χ3v) is 4.46. The van der Waals surface area contributed by atoms with Crippen molar-refractivity contribution in [3.63, 3.8) is 0 Å². The van der Waals surface area contributed by atoms with Crippen molar-refractivity contribution in [1.82, 2.24) is 10.3 Å². The quantitative estimate of drug-likeness (QED) is 0.855. The fourth-order valence-corrected chi connectivity index (χ4v) is 3.29. The molecule has 1 spiro atoms. The second-order valence-corrected chi connectivity index (χ2v) is 6.16. The number of nitrogens with zero attached hydrogens (tertiary/aromatic N) is 2. The molecule has 2 fully saturated rings. The average molecular weight is 336 g/mol. The van der Waals surface area contributed by atoms with Crippen molar-refractivity contribution in [2.45, 2.75) is 12.6 Å². The van der Waals surface area contributed by atoms with E-state index in [1.165, 1.54) is 6.20 Å². The number of anilines is 1. The van der Waals surface area contributed by atoms with Gasteiger partial charge in [-0.3, -0.25) is 4.98 Å². The summed E-state index contributed by atoms with van der Waals surface area (Å²) in [7, 11) is 0. The Kier molecular flexibility index (Phi) is 3.01. The first-order valence-electron chi connectivity index (χ1n) is 6.08. The Morgan fingerprint density at radius 1 is 1.37 bits per heavy atom. The monoisotopic (exact) mass is 335 g/mol. The molecule has 3 nitrogen and oxygen atoms in total. The predicted octanol–water partition coefficient (Wildman–Crippen LogP) is 2.66. The van der Waals surface area contributed by atoms with Crippen molar-refractivity contribution < 1.29 is 13.2 Å². The molecule has 0 unspecified atom stereocenters. The lowest BCUT2D eigenvalue weighted by molar-refractivity contribution is -0.141. The van der Waals surface area contributed by atoms with Gasteiger partial charge in [0.25, 0.3) is 0 Å². The van der Waals surface area contributed by atoms with E-state index in [9.17, 15) is 13.2 Å². The van der Waals surface area contributed by atoms with Gasteiger partial charge in [-0.15, -0.1) is 0 Å². The minimum absolute atomic E-state index is 0.251. The molecule has 0 radical (unpaired) electrons. The predicted molar refractivity (Wildman–Crippen MR) is 69.1 cm³/mol. The Balaban J connectivity index is 1.82. The van der Waals surface area contributed by atoms with Gasteiger partial charge in [0.1, 0.15) is 5.69 Å². The van der Waals surface area contributed by atoms with E-state index < -0.39 is 11.9 Å². The molecular weight excluding hydrogens is 323 g/mol. The zero-order valence-electron chi connectivity index (χ0n) is 10.1. The summed E-state index contributed by atoms with van der Waals surface area (Å²) in [5, 5.41) is 3.31. The molecule has 3 rings (SSSR count). The van der Waals surface area contributed by atoms with Crippen LogP contribution < -0.4 is 10.2 Å². The lowest BCUT2D eigenvalue weighted by atomic mass is 9.79. The summed E-state index contributed by atoms with van der Waals surface area (Å²) in [6, 6.07) is 1.12. The Labute approximate surface area is 117 Å². The van der Waals surface area contributed by atoms with Crippen molar-refractivity contribution in [3.8, 4) is 0 Å². The van der Waals surface area contributed by atoms with Gasteiger partial charge in [0.15, 0.2) is 0 Å². The van der Waals surface area contributed by atoms with Gasteiger partial charge < -0.3 is 10.2 Å². The number of hydrogen-bond donors (Lipinski definition) is 1. The summed E-state index contributed by atoms with van der Waals surface area (Å²) in [6.45, 7) is 3.57. The summed E-state index contributed by atoms with van der Waals surface area (Å²) >= 11 is 3.28. The van der Waals surface area contributed by atoms with E-state index in [-0.39, 0.29) is 5.41 Å². The van der Waals surface area contributed by atoms with Gasteiger partial charge in [0, 0.05) is 31.2 Å². The van der Waals surface area contributed by atoms with Crippen LogP contribution in [0, 0.1) is 5.41 Å². The highest BCUT2D eigenvalue weighted by molar-refractivity contribution is 9.10. The van der Waals surface area contributed by atoms with Gasteiger partial charge >= 0.3 is 6.18 Å². The van der Waals surface area contributed by atoms with E-state index in [2.05, 4.69) is 26.2 Å². The van der Waals surface area contributed by atoms with Crippen molar-refractivity contribution in [2.75, 3.05) is 31.1 Å². The molecule has 19 heavy (non-hydrogen) atoms. The van der Waals surface area contributed by atoms with Crippen LogP contribution >= 0.6 is 15.9 Å². The Bertz CT molecular complexity index is 489. The van der Waals surface area contributed by atoms with Crippen LogP contribution in [0.15, 0.2) is 16.7 Å². The van der Waals surface area contributed by atoms with Crippen LogP contribution in [0.3, 0.4) is 0 Å². The fourth-order valence-electron chi connectivity index (χ4n) is 2.82. The van der Waals surface area contributed by atoms with E-state index in [0.717, 1.165) is 38.7 Å². The summed E-state index contributed by atoms with van der Waals surface area (Å²) in [5.74, 6) is 0. The first-order chi connectivity index (χ1) is 8.90. The Hall–Kier alpha value is -0.820. The lowest BCUT2D eigenvalue weighted by Gasteiger charge is -2.49. The van der Waals surface area contributed by atoms with Crippen molar-refractivity contribution in [2.24, 2.45) is 5.41 Å². The van der Waals surface area contributed by atoms with Crippen molar-refractivity contribution >= 4 is 21.6 Å². The first-order valence-corrected chi connectivity index (χ1v) is 6.87. The highest BCUT2D eigenvalue weighted by atomic mass is 79.9. The van der Waals surface area contributed by atoms with E-state index >= 15 is 0 Å². The van der Waals surface area contributed by atoms with Crippen molar-refractivity contribution in [3.05, 3.63) is 22.4 Å². The second kappa shape index (κ2) is 4.34. The molecule has 2 aliphatic rings. The number of alkyl halides is 3. The highest BCUT2D eigenvalue weighted by Gasteiger charge is 2.45. The number of pyridine rings is 1. The van der Waals surface area contributed by atoms with Crippen LogP contribution in [0.1, 0.15) is 12.1 Å². The molecule has 0 aromatic carbocycles. The summed E-state index contributed by atoms with van der Waals surface area (Å²) < 4.78 is 38.6. The standard InChI is InChI=1S/C12H13BrF3N3/c13-8-4-18-10(12(14,15)16)3-9(8)19-6-11(7-19)1-2-17-5-11/h3-4,17H,1-2,5-7H2. The van der Waals surface area contributed by atoms with Crippen LogP contribution in [-0.4, -0.2) is 31.2 Å². The van der Waals surface area contributed by atoms with Crippen LogP contribution in [0.4, 0.5) is 18.9 Å². The molecule has 104 valence electrons. The van der Waals surface area contributed by atoms with Crippen LogP contribution in [-0.2, 0) is 6.18 Å². The number of hydrogen-bond acceptors (Lipinski definition) is 3. The third-order valence-electron chi connectivity index (χ3n) is 3.85. The zero-order chi connectivity index (χ0) is 13.7. The van der Waals surface area contributed by atoms with E-state index in [1.54, 1.807) is 0 Å². The summed E-state index contributed by atoms with van der Waals surface area (Å²) in [6.07, 6.45) is -2.07. The second-order valence-electron chi connectivity index (χ2n) is 5.30. The normalized spacial score (nSPS) is 21.8. The molecule has 2 saturated heterocycles. The zero-order valence-corrected chi connectivity index (χ0v) is 11.7. The lowest BCUT2D eigenvalue weighted by Crippen LogP contribution is -2.57. The van der Waals surface area contributed by atoms with E-state index in [1.807, 2.05) is 4.90 Å². The Morgan fingerprint density at radius 3 is 2.68 bits per heavy atom. The fraction of sp³-hybridized carbons (Fsp3) is 0.583. The van der Waals surface area contributed by atoms with Crippen LogP contribution in [0.25, 0.3) is 0 Å². The third kappa shape index (κ3) is 2.33. The number of aromatic nitrogens is 1.